The molecule has 0 saturated carbocycles. The number of carbonyl (C=O) groups excluding carboxylic acids is 1. The van der Waals surface area contributed by atoms with Crippen LogP contribution in [0.25, 0.3) is 0 Å². The Hall–Kier alpha value is -2.79. The lowest BCUT2D eigenvalue weighted by molar-refractivity contribution is 0.0697. The number of amides is 1. The van der Waals surface area contributed by atoms with Gasteiger partial charge < -0.3 is 15.7 Å². The number of carbonyl (C=O) groups is 2. The van der Waals surface area contributed by atoms with E-state index >= 15 is 0 Å². The number of aromatic nitrogens is 1. The predicted molar refractivity (Wildman–Crippen MR) is 118 cm³/mol. The smallest absolute Gasteiger partial charge is 0.337 e. The molecule has 3 aromatic rings. The molecule has 0 aliphatic rings. The van der Waals surface area contributed by atoms with Crippen LogP contribution in [0.1, 0.15) is 26.3 Å². The van der Waals surface area contributed by atoms with Crippen LogP contribution in [0, 0.1) is 22.1 Å². The molecule has 0 atom stereocenters. The number of carboxylic acids is 1. The minimum atomic E-state index is -1.53. The first-order valence-corrected chi connectivity index (χ1v) is 9.84. The highest BCUT2D eigenvalue weighted by Crippen LogP contribution is 2.31. The van der Waals surface area contributed by atoms with Crippen molar-refractivity contribution in [3.63, 3.8) is 0 Å². The molecule has 0 aliphatic carbocycles. The van der Waals surface area contributed by atoms with E-state index in [-0.39, 0.29) is 10.8 Å². The Morgan fingerprint density at radius 3 is 2.43 bits per heavy atom. The van der Waals surface area contributed by atoms with E-state index in [1.54, 1.807) is 25.1 Å². The Morgan fingerprint density at radius 2 is 1.83 bits per heavy atom. The number of aromatic carboxylic acids is 1. The number of aryl methyl sites for hydroxylation is 1. The van der Waals surface area contributed by atoms with Crippen molar-refractivity contribution in [3.8, 4) is 0 Å². The van der Waals surface area contributed by atoms with E-state index in [4.69, 9.17) is 11.6 Å². The number of hydrogen-bond donors (Lipinski definition) is 3. The summed E-state index contributed by atoms with van der Waals surface area (Å²) in [6.45, 7) is 1.74. The fourth-order valence-electron chi connectivity index (χ4n) is 2.63. The van der Waals surface area contributed by atoms with Crippen LogP contribution < -0.4 is 10.6 Å². The molecule has 154 valence electrons. The minimum Gasteiger partial charge on any atom is -0.478 e. The maximum atomic E-state index is 14.8. The maximum Gasteiger partial charge on any atom is 0.337 e. The van der Waals surface area contributed by atoms with Gasteiger partial charge in [-0.2, -0.15) is 0 Å². The summed E-state index contributed by atoms with van der Waals surface area (Å²) in [6, 6.07) is 8.73. The van der Waals surface area contributed by atoms with Crippen molar-refractivity contribution in [1.29, 1.82) is 0 Å². The van der Waals surface area contributed by atoms with Gasteiger partial charge in [-0.1, -0.05) is 11.6 Å². The lowest BCUT2D eigenvalue weighted by Crippen LogP contribution is -2.18. The predicted octanol–water partition coefficient (Wildman–Crippen LogP) is 5.62. The zero-order valence-electron chi connectivity index (χ0n) is 15.3. The van der Waals surface area contributed by atoms with E-state index in [2.05, 4.69) is 38.2 Å². The second kappa shape index (κ2) is 8.92. The first kappa shape index (κ1) is 21.9. The average molecular weight is 544 g/mol. The first-order chi connectivity index (χ1) is 14.2. The average Bonchev–Trinajstić information content (AvgIpc) is 2.68. The molecule has 0 fully saturated rings. The third-order valence-corrected chi connectivity index (χ3v) is 5.01. The van der Waals surface area contributed by atoms with E-state index in [9.17, 15) is 23.5 Å². The molecule has 30 heavy (non-hydrogen) atoms. The molecule has 10 heteroatoms. The third kappa shape index (κ3) is 4.68. The molecule has 6 nitrogen and oxygen atoms in total. The van der Waals surface area contributed by atoms with E-state index in [1.807, 2.05) is 0 Å². The van der Waals surface area contributed by atoms with Crippen molar-refractivity contribution in [3.05, 3.63) is 79.6 Å². The Kier molecular flexibility index (Phi) is 6.52. The number of nitrogens with zero attached hydrogens (tertiary/aromatic N) is 1. The molecular formula is C20H13ClF2IN3O3. The van der Waals surface area contributed by atoms with Gasteiger partial charge in [0.05, 0.1) is 28.7 Å². The summed E-state index contributed by atoms with van der Waals surface area (Å²) in [6.07, 6.45) is 1.22. The van der Waals surface area contributed by atoms with Crippen LogP contribution in [0.2, 0.25) is 5.15 Å². The largest absolute Gasteiger partial charge is 0.478 e. The van der Waals surface area contributed by atoms with Gasteiger partial charge in [0.2, 0.25) is 0 Å². The number of halogens is 4. The standard InChI is InChI=1S/C20H13ClF2IN3O3/c1-9-6-10(24)2-4-14(9)27-18-13(20(29)30)7-12(16(22)17(18)23)19(28)26-11-3-5-15(21)25-8-11/h2-8,27H,1H3,(H,26,28)(H,29,30). The summed E-state index contributed by atoms with van der Waals surface area (Å²) in [5.41, 5.74) is -0.640. The Balaban J connectivity index is 2.02. The van der Waals surface area contributed by atoms with Crippen molar-refractivity contribution in [2.24, 2.45) is 0 Å². The van der Waals surface area contributed by atoms with Crippen LogP contribution in [-0.2, 0) is 0 Å². The van der Waals surface area contributed by atoms with Crippen LogP contribution in [-0.4, -0.2) is 22.0 Å². The van der Waals surface area contributed by atoms with Crippen molar-refractivity contribution < 1.29 is 23.5 Å². The molecule has 1 heterocycles. The zero-order chi connectivity index (χ0) is 22.0. The molecule has 3 rings (SSSR count). The van der Waals surface area contributed by atoms with E-state index < -0.39 is 40.3 Å². The third-order valence-electron chi connectivity index (χ3n) is 4.12. The number of hydrogen-bond acceptors (Lipinski definition) is 4. The second-order valence-corrected chi connectivity index (χ2v) is 7.82. The summed E-state index contributed by atoms with van der Waals surface area (Å²) in [5, 5.41) is 14.6. The number of rotatable bonds is 5. The Morgan fingerprint density at radius 1 is 1.10 bits per heavy atom. The number of nitrogens with one attached hydrogen (secondary N) is 2. The second-order valence-electron chi connectivity index (χ2n) is 6.19. The van der Waals surface area contributed by atoms with Crippen LogP contribution in [0.15, 0.2) is 42.6 Å². The van der Waals surface area contributed by atoms with Crippen molar-refractivity contribution >= 4 is 63.1 Å². The molecule has 3 N–H and O–H groups in total. The van der Waals surface area contributed by atoms with Gasteiger partial charge in [-0.3, -0.25) is 4.79 Å². The Bertz CT molecular complexity index is 1160. The SMILES string of the molecule is Cc1cc(I)ccc1Nc1c(C(=O)O)cc(C(=O)Nc2ccc(Cl)nc2)c(F)c1F. The number of carboxylic acid groups (broad SMARTS) is 1. The molecule has 1 aromatic heterocycles. The summed E-state index contributed by atoms with van der Waals surface area (Å²) >= 11 is 7.76. The highest BCUT2D eigenvalue weighted by atomic mass is 127. The maximum absolute atomic E-state index is 14.8. The van der Waals surface area contributed by atoms with Gasteiger partial charge in [0, 0.05) is 9.26 Å². The molecule has 0 saturated heterocycles. The summed E-state index contributed by atoms with van der Waals surface area (Å²) in [5.74, 6) is -5.52. The molecule has 0 aliphatic heterocycles. The zero-order valence-corrected chi connectivity index (χ0v) is 18.2. The number of anilines is 3. The van der Waals surface area contributed by atoms with E-state index in [1.165, 1.54) is 18.3 Å². The minimum absolute atomic E-state index is 0.179. The quantitative estimate of drug-likeness (QED) is 0.287. The summed E-state index contributed by atoms with van der Waals surface area (Å²) in [7, 11) is 0. The van der Waals surface area contributed by atoms with Crippen molar-refractivity contribution in [2.75, 3.05) is 10.6 Å². The molecule has 2 aromatic carbocycles. The van der Waals surface area contributed by atoms with Crippen LogP contribution in [0.3, 0.4) is 0 Å². The molecule has 1 amide bonds. The lowest BCUT2D eigenvalue weighted by Gasteiger charge is -2.16. The van der Waals surface area contributed by atoms with Crippen LogP contribution >= 0.6 is 34.2 Å². The van der Waals surface area contributed by atoms with Gasteiger partial charge >= 0.3 is 5.97 Å². The van der Waals surface area contributed by atoms with E-state index in [0.717, 1.165) is 9.64 Å². The molecular weight excluding hydrogens is 531 g/mol. The van der Waals surface area contributed by atoms with Crippen molar-refractivity contribution in [1.82, 2.24) is 4.98 Å². The molecule has 0 radical (unpaired) electrons. The van der Waals surface area contributed by atoms with E-state index in [0.29, 0.717) is 11.3 Å². The Labute approximate surface area is 188 Å². The first-order valence-electron chi connectivity index (χ1n) is 8.38. The fraction of sp³-hybridized carbons (Fsp3) is 0.0500. The van der Waals surface area contributed by atoms with Gasteiger partial charge in [0.25, 0.3) is 5.91 Å². The lowest BCUT2D eigenvalue weighted by atomic mass is 10.0. The summed E-state index contributed by atoms with van der Waals surface area (Å²) < 4.78 is 30.4. The molecule has 0 spiro atoms. The number of benzene rings is 2. The monoisotopic (exact) mass is 543 g/mol. The summed E-state index contributed by atoms with van der Waals surface area (Å²) in [4.78, 5) is 27.9. The fourth-order valence-corrected chi connectivity index (χ4v) is 3.39. The van der Waals surface area contributed by atoms with Gasteiger partial charge in [-0.25, -0.2) is 18.6 Å². The van der Waals surface area contributed by atoms with Crippen LogP contribution in [0.5, 0.6) is 0 Å². The normalized spacial score (nSPS) is 10.6. The highest BCUT2D eigenvalue weighted by Gasteiger charge is 2.26. The van der Waals surface area contributed by atoms with Crippen LogP contribution in [0.4, 0.5) is 25.8 Å². The molecule has 0 unspecified atom stereocenters. The molecule has 0 bridgehead atoms. The van der Waals surface area contributed by atoms with Crippen molar-refractivity contribution in [2.45, 2.75) is 6.92 Å². The number of pyridine rings is 1. The highest BCUT2D eigenvalue weighted by molar-refractivity contribution is 14.1. The van der Waals surface area contributed by atoms with Gasteiger partial charge in [-0.15, -0.1) is 0 Å². The van der Waals surface area contributed by atoms with Gasteiger partial charge in [-0.05, 0) is 71.5 Å². The topological polar surface area (TPSA) is 91.3 Å². The van der Waals surface area contributed by atoms with Gasteiger partial charge in [0.15, 0.2) is 11.6 Å². The van der Waals surface area contributed by atoms with Gasteiger partial charge in [0.1, 0.15) is 5.15 Å².